The summed E-state index contributed by atoms with van der Waals surface area (Å²) in [6, 6.07) is -4.53. The average molecular weight is 465 g/mol. The number of carbonyl (C=O) groups excluding carboxylic acids is 3. The summed E-state index contributed by atoms with van der Waals surface area (Å²) in [4.78, 5) is 38.2. The summed E-state index contributed by atoms with van der Waals surface area (Å²) in [5.41, 5.74) is 5.78. The van der Waals surface area contributed by atoms with Crippen LogP contribution in [0.15, 0.2) is 0 Å². The molecule has 3 atom stereocenters. The molecule has 0 aliphatic carbocycles. The van der Waals surface area contributed by atoms with E-state index in [2.05, 4.69) is 0 Å². The van der Waals surface area contributed by atoms with Crippen molar-refractivity contribution < 1.29 is 45.1 Å². The third-order valence-electron chi connectivity index (χ3n) is 5.15. The highest BCUT2D eigenvalue weighted by Gasteiger charge is 2.76. The zero-order chi connectivity index (χ0) is 24.5. The van der Waals surface area contributed by atoms with Crippen LogP contribution in [0.5, 0.6) is 0 Å². The van der Waals surface area contributed by atoms with Crippen molar-refractivity contribution in [2.75, 3.05) is 6.54 Å². The molecule has 1 heterocycles. The van der Waals surface area contributed by atoms with Crippen molar-refractivity contribution in [2.45, 2.75) is 76.7 Å². The summed E-state index contributed by atoms with van der Waals surface area (Å²) >= 11 is 0. The van der Waals surface area contributed by atoms with Gasteiger partial charge in [0.1, 0.15) is 6.04 Å². The lowest BCUT2D eigenvalue weighted by molar-refractivity contribution is -0.344. The number of alkyl halides is 7. The highest BCUT2D eigenvalue weighted by molar-refractivity contribution is 5.97. The minimum atomic E-state index is -6.68. The highest BCUT2D eigenvalue weighted by Crippen LogP contribution is 2.47. The summed E-state index contributed by atoms with van der Waals surface area (Å²) in [6.07, 6.45) is -6.26. The maximum atomic E-state index is 13.9. The van der Waals surface area contributed by atoms with E-state index in [0.717, 1.165) is 18.7 Å². The minimum absolute atomic E-state index is 0.0799. The van der Waals surface area contributed by atoms with E-state index in [4.69, 9.17) is 5.73 Å². The molecular weight excluding hydrogens is 439 g/mol. The first kappa shape index (κ1) is 27.1. The van der Waals surface area contributed by atoms with Crippen molar-refractivity contribution in [3.05, 3.63) is 0 Å². The fourth-order valence-corrected chi connectivity index (χ4v) is 3.09. The highest BCUT2D eigenvalue weighted by atomic mass is 19.4. The Kier molecular flexibility index (Phi) is 8.13. The van der Waals surface area contributed by atoms with E-state index >= 15 is 0 Å². The maximum absolute atomic E-state index is 13.9. The van der Waals surface area contributed by atoms with Crippen molar-refractivity contribution in [1.82, 2.24) is 10.2 Å². The van der Waals surface area contributed by atoms with E-state index in [1.54, 1.807) is 13.8 Å². The lowest BCUT2D eigenvalue weighted by Gasteiger charge is -2.33. The Morgan fingerprint density at radius 1 is 0.968 bits per heavy atom. The smallest absolute Gasteiger partial charge is 0.344 e. The molecule has 1 aliphatic heterocycles. The van der Waals surface area contributed by atoms with Gasteiger partial charge in [-0.2, -0.15) is 30.7 Å². The SMILES string of the molecule is CC(C)C(NC(=O)[C@@H]1CCCN1C(=O)[C@@H](N)C(C)C)C(=O)C(F)(F)C(F)(F)C(F)(F)F. The van der Waals surface area contributed by atoms with Crippen LogP contribution in [0.3, 0.4) is 0 Å². The van der Waals surface area contributed by atoms with Crippen molar-refractivity contribution in [1.29, 1.82) is 0 Å². The molecular formula is C18H26F7N3O3. The summed E-state index contributed by atoms with van der Waals surface area (Å²) in [5.74, 6) is -18.8. The molecule has 3 N–H and O–H groups in total. The van der Waals surface area contributed by atoms with Gasteiger partial charge in [0.05, 0.1) is 12.1 Å². The third-order valence-corrected chi connectivity index (χ3v) is 5.15. The van der Waals surface area contributed by atoms with Crippen molar-refractivity contribution in [2.24, 2.45) is 17.6 Å². The molecule has 6 nitrogen and oxygen atoms in total. The molecule has 0 saturated carbocycles. The van der Waals surface area contributed by atoms with Gasteiger partial charge in [-0.3, -0.25) is 14.4 Å². The predicted octanol–water partition coefficient (Wildman–Crippen LogP) is 2.50. The molecule has 1 rings (SSSR count). The first-order valence-corrected chi connectivity index (χ1v) is 9.61. The molecule has 2 amide bonds. The molecule has 1 saturated heterocycles. The number of nitrogens with one attached hydrogen (secondary N) is 1. The zero-order valence-electron chi connectivity index (χ0n) is 17.4. The second kappa shape index (κ2) is 9.29. The minimum Gasteiger partial charge on any atom is -0.344 e. The molecule has 1 fully saturated rings. The van der Waals surface area contributed by atoms with Crippen LogP contribution in [-0.2, 0) is 14.4 Å². The maximum Gasteiger partial charge on any atom is 0.460 e. The molecule has 1 aliphatic rings. The number of amides is 2. The Balaban J connectivity index is 3.12. The predicted molar refractivity (Wildman–Crippen MR) is 95.3 cm³/mol. The number of nitrogens with zero attached hydrogens (tertiary/aromatic N) is 1. The fraction of sp³-hybridized carbons (Fsp3) is 0.833. The van der Waals surface area contributed by atoms with Gasteiger partial charge < -0.3 is 16.0 Å². The Morgan fingerprint density at radius 3 is 1.90 bits per heavy atom. The van der Waals surface area contributed by atoms with E-state index in [1.165, 1.54) is 0 Å². The largest absolute Gasteiger partial charge is 0.460 e. The molecule has 0 spiro atoms. The lowest BCUT2D eigenvalue weighted by atomic mass is 9.92. The first-order valence-electron chi connectivity index (χ1n) is 9.61. The van der Waals surface area contributed by atoms with E-state index in [1.807, 2.05) is 5.32 Å². The molecule has 31 heavy (non-hydrogen) atoms. The van der Waals surface area contributed by atoms with Gasteiger partial charge in [0, 0.05) is 6.54 Å². The normalized spacial score (nSPS) is 20.2. The molecule has 1 unspecified atom stereocenters. The average Bonchev–Trinajstić information content (AvgIpc) is 3.12. The molecule has 13 heteroatoms. The van der Waals surface area contributed by atoms with Gasteiger partial charge in [-0.25, -0.2) is 0 Å². The molecule has 0 radical (unpaired) electrons. The van der Waals surface area contributed by atoms with Crippen LogP contribution in [-0.4, -0.2) is 65.2 Å². The van der Waals surface area contributed by atoms with Crippen LogP contribution in [0.2, 0.25) is 0 Å². The van der Waals surface area contributed by atoms with E-state index in [9.17, 15) is 45.1 Å². The fourth-order valence-electron chi connectivity index (χ4n) is 3.09. The summed E-state index contributed by atoms with van der Waals surface area (Å²) in [5, 5.41) is 1.84. The number of halogens is 7. The van der Waals surface area contributed by atoms with Gasteiger partial charge in [0.25, 0.3) is 0 Å². The number of carbonyl (C=O) groups is 3. The van der Waals surface area contributed by atoms with Crippen molar-refractivity contribution >= 4 is 17.6 Å². The van der Waals surface area contributed by atoms with Crippen LogP contribution < -0.4 is 11.1 Å². The number of hydrogen-bond donors (Lipinski definition) is 2. The molecule has 0 aromatic heterocycles. The van der Waals surface area contributed by atoms with E-state index < -0.39 is 59.7 Å². The van der Waals surface area contributed by atoms with Gasteiger partial charge in [0.15, 0.2) is 0 Å². The summed E-state index contributed by atoms with van der Waals surface area (Å²) in [6.45, 7) is 5.61. The van der Waals surface area contributed by atoms with Gasteiger partial charge in [-0.15, -0.1) is 0 Å². The Bertz CT molecular complexity index is 695. The topological polar surface area (TPSA) is 92.5 Å². The van der Waals surface area contributed by atoms with E-state index in [0.29, 0.717) is 6.42 Å². The van der Waals surface area contributed by atoms with Gasteiger partial charge >= 0.3 is 18.0 Å². The number of nitrogens with two attached hydrogens (primary N) is 1. The summed E-state index contributed by atoms with van der Waals surface area (Å²) in [7, 11) is 0. The van der Waals surface area contributed by atoms with Crippen LogP contribution >= 0.6 is 0 Å². The number of Topliss-reactive ketones (excluding diaryl/α,β-unsaturated/α-hetero) is 1. The second-order valence-corrected chi connectivity index (χ2v) is 8.20. The van der Waals surface area contributed by atoms with Gasteiger partial charge in [0.2, 0.25) is 17.6 Å². The van der Waals surface area contributed by atoms with Gasteiger partial charge in [-0.1, -0.05) is 27.7 Å². The van der Waals surface area contributed by atoms with E-state index in [-0.39, 0.29) is 18.9 Å². The van der Waals surface area contributed by atoms with Gasteiger partial charge in [-0.05, 0) is 24.7 Å². The third kappa shape index (κ3) is 5.29. The quantitative estimate of drug-likeness (QED) is 0.539. The number of rotatable bonds is 8. The Hall–Kier alpha value is -1.92. The van der Waals surface area contributed by atoms with Crippen LogP contribution in [0, 0.1) is 11.8 Å². The van der Waals surface area contributed by atoms with Crippen molar-refractivity contribution in [3.63, 3.8) is 0 Å². The standard InChI is InChI=1S/C18H26F7N3O3/c1-8(2)11(26)15(31)28-7-5-6-10(28)14(30)27-12(9(3)4)13(29)16(19,20)17(21,22)18(23,24)25/h8-12H,5-7,26H2,1-4H3,(H,27,30)/t10-,11-,12?/m0/s1. The first-order chi connectivity index (χ1) is 13.9. The molecule has 0 aromatic carbocycles. The Morgan fingerprint density at radius 2 is 1.48 bits per heavy atom. The van der Waals surface area contributed by atoms with Crippen molar-refractivity contribution in [3.8, 4) is 0 Å². The number of hydrogen-bond acceptors (Lipinski definition) is 4. The molecule has 180 valence electrons. The Labute approximate surface area is 174 Å². The number of ketones is 1. The molecule has 0 bridgehead atoms. The van der Waals surface area contributed by atoms with Crippen LogP contribution in [0.4, 0.5) is 30.7 Å². The number of likely N-dealkylation sites (tertiary alicyclic amines) is 1. The zero-order valence-corrected chi connectivity index (χ0v) is 17.4. The van der Waals surface area contributed by atoms with Crippen LogP contribution in [0.25, 0.3) is 0 Å². The van der Waals surface area contributed by atoms with Crippen LogP contribution in [0.1, 0.15) is 40.5 Å². The lowest BCUT2D eigenvalue weighted by Crippen LogP contribution is -2.63. The summed E-state index contributed by atoms with van der Waals surface area (Å²) < 4.78 is 91.6. The monoisotopic (exact) mass is 465 g/mol. The second-order valence-electron chi connectivity index (χ2n) is 8.20. The molecule has 0 aromatic rings.